The van der Waals surface area contributed by atoms with Crippen LogP contribution in [0.15, 0.2) is 39.9 Å². The number of hydrogen-bond acceptors (Lipinski definition) is 6. The summed E-state index contributed by atoms with van der Waals surface area (Å²) in [6.07, 6.45) is 1.15. The maximum atomic E-state index is 13.9. The van der Waals surface area contributed by atoms with Gasteiger partial charge in [0.15, 0.2) is 0 Å². The first kappa shape index (κ1) is 20.8. The summed E-state index contributed by atoms with van der Waals surface area (Å²) < 4.78 is 41.3. The number of sulfonamides is 1. The maximum absolute atomic E-state index is 13.9. The quantitative estimate of drug-likeness (QED) is 0.716. The van der Waals surface area contributed by atoms with Crippen LogP contribution in [0.5, 0.6) is 0 Å². The van der Waals surface area contributed by atoms with Crippen LogP contribution in [0.3, 0.4) is 0 Å². The van der Waals surface area contributed by atoms with Gasteiger partial charge in [-0.1, -0.05) is 12.1 Å². The van der Waals surface area contributed by atoms with Crippen LogP contribution in [0.4, 0.5) is 10.1 Å². The minimum atomic E-state index is -3.68. The Morgan fingerprint density at radius 1 is 1.13 bits per heavy atom. The fourth-order valence-corrected chi connectivity index (χ4v) is 6.84. The monoisotopic (exact) mass is 448 g/mol. The summed E-state index contributed by atoms with van der Waals surface area (Å²) in [6, 6.07) is 8.98. The van der Waals surface area contributed by atoms with Gasteiger partial charge in [0, 0.05) is 32.7 Å². The van der Waals surface area contributed by atoms with Crippen LogP contribution in [-0.2, 0) is 14.8 Å². The number of halogens is 1. The summed E-state index contributed by atoms with van der Waals surface area (Å²) in [6.45, 7) is 2.03. The highest BCUT2D eigenvalue weighted by Crippen LogP contribution is 2.30. The predicted octanol–water partition coefficient (Wildman–Crippen LogP) is 2.26. The molecule has 2 saturated heterocycles. The lowest BCUT2D eigenvalue weighted by Gasteiger charge is -2.38. The molecule has 2 aliphatic heterocycles. The lowest BCUT2D eigenvalue weighted by Crippen LogP contribution is -2.54. The van der Waals surface area contributed by atoms with E-state index in [0.29, 0.717) is 51.3 Å². The zero-order chi connectivity index (χ0) is 21.3. The van der Waals surface area contributed by atoms with Gasteiger partial charge in [0.25, 0.3) is 10.0 Å². The lowest BCUT2D eigenvalue weighted by atomic mass is 10.1. The van der Waals surface area contributed by atoms with Crippen LogP contribution in [-0.4, -0.2) is 62.3 Å². The first-order chi connectivity index (χ1) is 14.4. The van der Waals surface area contributed by atoms with E-state index in [-0.39, 0.29) is 15.7 Å². The van der Waals surface area contributed by atoms with E-state index in [1.165, 1.54) is 10.4 Å². The number of amides is 1. The molecule has 2 aliphatic rings. The number of hydrogen-bond donors (Lipinski definition) is 0. The molecule has 0 radical (unpaired) electrons. The molecule has 1 unspecified atom stereocenters. The SMILES string of the molecule is N#Cc1c(F)cccc1N1CCN(C(=O)C2CCCN2S(=O)(=O)c2cccs2)CC1. The van der Waals surface area contributed by atoms with E-state index in [1.54, 1.807) is 34.5 Å². The van der Waals surface area contributed by atoms with Crippen LogP contribution in [0.25, 0.3) is 0 Å². The van der Waals surface area contributed by atoms with E-state index in [4.69, 9.17) is 0 Å². The zero-order valence-corrected chi connectivity index (χ0v) is 17.8. The fourth-order valence-electron chi connectivity index (χ4n) is 4.07. The Labute approximate surface area is 179 Å². The van der Waals surface area contributed by atoms with Crippen molar-refractivity contribution in [1.82, 2.24) is 9.21 Å². The Morgan fingerprint density at radius 3 is 2.57 bits per heavy atom. The van der Waals surface area contributed by atoms with Crippen LogP contribution in [0, 0.1) is 17.1 Å². The van der Waals surface area contributed by atoms with Gasteiger partial charge in [0.05, 0.1) is 5.69 Å². The van der Waals surface area contributed by atoms with Crippen molar-refractivity contribution in [2.24, 2.45) is 0 Å². The van der Waals surface area contributed by atoms with Crippen LogP contribution >= 0.6 is 11.3 Å². The van der Waals surface area contributed by atoms with Gasteiger partial charge >= 0.3 is 0 Å². The molecule has 0 N–H and O–H groups in total. The van der Waals surface area contributed by atoms with Gasteiger partial charge in [-0.15, -0.1) is 11.3 Å². The highest BCUT2D eigenvalue weighted by atomic mass is 32.2. The number of nitriles is 1. The van der Waals surface area contributed by atoms with E-state index >= 15 is 0 Å². The number of carbonyl (C=O) groups is 1. The minimum absolute atomic E-state index is 0.00119. The Morgan fingerprint density at radius 2 is 1.90 bits per heavy atom. The molecule has 1 amide bonds. The molecule has 10 heteroatoms. The molecule has 4 rings (SSSR count). The van der Waals surface area contributed by atoms with E-state index in [1.807, 2.05) is 11.0 Å². The van der Waals surface area contributed by atoms with E-state index in [2.05, 4.69) is 0 Å². The normalized spacial score (nSPS) is 20.3. The van der Waals surface area contributed by atoms with Crippen molar-refractivity contribution in [2.75, 3.05) is 37.6 Å². The molecular formula is C20H21FN4O3S2. The molecule has 1 aromatic carbocycles. The van der Waals surface area contributed by atoms with E-state index < -0.39 is 21.9 Å². The van der Waals surface area contributed by atoms with Gasteiger partial charge in [-0.2, -0.15) is 9.57 Å². The number of rotatable bonds is 4. The number of anilines is 1. The Bertz CT molecular complexity index is 1070. The largest absolute Gasteiger partial charge is 0.367 e. The zero-order valence-electron chi connectivity index (χ0n) is 16.2. The number of piperazine rings is 1. The van der Waals surface area contributed by atoms with Crippen molar-refractivity contribution in [3.63, 3.8) is 0 Å². The first-order valence-electron chi connectivity index (χ1n) is 9.71. The minimum Gasteiger partial charge on any atom is -0.367 e. The molecule has 0 aliphatic carbocycles. The third-order valence-corrected chi connectivity index (χ3v) is 8.86. The highest BCUT2D eigenvalue weighted by molar-refractivity contribution is 7.91. The summed E-state index contributed by atoms with van der Waals surface area (Å²) >= 11 is 1.15. The number of thiophene rings is 1. The van der Waals surface area contributed by atoms with Crippen molar-refractivity contribution < 1.29 is 17.6 Å². The van der Waals surface area contributed by atoms with Gasteiger partial charge in [0.2, 0.25) is 5.91 Å². The molecule has 30 heavy (non-hydrogen) atoms. The smallest absolute Gasteiger partial charge is 0.253 e. The average molecular weight is 449 g/mol. The number of carbonyl (C=O) groups excluding carboxylic acids is 1. The molecule has 2 aromatic rings. The Hall–Kier alpha value is -2.48. The second-order valence-electron chi connectivity index (χ2n) is 7.26. The molecule has 1 atom stereocenters. The molecule has 7 nitrogen and oxygen atoms in total. The molecular weight excluding hydrogens is 427 g/mol. The highest BCUT2D eigenvalue weighted by Gasteiger charge is 2.42. The summed E-state index contributed by atoms with van der Waals surface area (Å²) in [5.74, 6) is -0.749. The average Bonchev–Trinajstić information content (AvgIpc) is 3.46. The summed E-state index contributed by atoms with van der Waals surface area (Å²) in [4.78, 5) is 16.7. The standard InChI is InChI=1S/C20H21FN4O3S2/c21-16-4-1-5-17(15(16)14-22)23-9-11-24(12-10-23)20(26)18-6-2-8-25(18)30(27,28)19-7-3-13-29-19/h1,3-5,7,13,18H,2,6,8-12H2. The van der Waals surface area contributed by atoms with Crippen molar-refractivity contribution in [3.8, 4) is 6.07 Å². The Balaban J connectivity index is 1.46. The van der Waals surface area contributed by atoms with E-state index in [0.717, 1.165) is 11.3 Å². The third-order valence-electron chi connectivity index (χ3n) is 5.58. The van der Waals surface area contributed by atoms with Crippen molar-refractivity contribution in [2.45, 2.75) is 23.1 Å². The fraction of sp³-hybridized carbons (Fsp3) is 0.400. The Kier molecular flexibility index (Phi) is 5.77. The van der Waals surface area contributed by atoms with Crippen LogP contribution in [0.2, 0.25) is 0 Å². The second kappa shape index (κ2) is 8.34. The van der Waals surface area contributed by atoms with Gasteiger partial charge in [-0.3, -0.25) is 4.79 Å². The summed E-state index contributed by atoms with van der Waals surface area (Å²) in [5.41, 5.74) is 0.522. The molecule has 3 heterocycles. The molecule has 0 bridgehead atoms. The van der Waals surface area contributed by atoms with Gasteiger partial charge in [0.1, 0.15) is 27.7 Å². The van der Waals surface area contributed by atoms with Crippen molar-refractivity contribution >= 4 is 33.0 Å². The number of benzene rings is 1. The topological polar surface area (TPSA) is 84.7 Å². The van der Waals surface area contributed by atoms with E-state index in [9.17, 15) is 22.9 Å². The third kappa shape index (κ3) is 3.69. The van der Waals surface area contributed by atoms with Gasteiger partial charge in [-0.05, 0) is 36.4 Å². The summed E-state index contributed by atoms with van der Waals surface area (Å²) in [7, 11) is -3.68. The van der Waals surface area contributed by atoms with Crippen molar-refractivity contribution in [1.29, 1.82) is 5.26 Å². The molecule has 0 spiro atoms. The lowest BCUT2D eigenvalue weighted by molar-refractivity contribution is -0.134. The second-order valence-corrected chi connectivity index (χ2v) is 10.3. The van der Waals surface area contributed by atoms with Crippen LogP contribution < -0.4 is 4.90 Å². The summed E-state index contributed by atoms with van der Waals surface area (Å²) in [5, 5.41) is 11.0. The van der Waals surface area contributed by atoms with Gasteiger partial charge in [-0.25, -0.2) is 12.8 Å². The van der Waals surface area contributed by atoms with Crippen molar-refractivity contribution in [3.05, 3.63) is 47.1 Å². The number of nitrogens with zero attached hydrogens (tertiary/aromatic N) is 4. The van der Waals surface area contributed by atoms with Crippen LogP contribution in [0.1, 0.15) is 18.4 Å². The van der Waals surface area contributed by atoms with Gasteiger partial charge < -0.3 is 9.80 Å². The molecule has 158 valence electrons. The molecule has 2 fully saturated rings. The maximum Gasteiger partial charge on any atom is 0.253 e. The predicted molar refractivity (Wildman–Crippen MR) is 111 cm³/mol. The first-order valence-corrected chi connectivity index (χ1v) is 12.0. The molecule has 1 aromatic heterocycles. The molecule has 0 saturated carbocycles.